The van der Waals surface area contributed by atoms with E-state index < -0.39 is 0 Å². The number of aromatic nitrogens is 1. The van der Waals surface area contributed by atoms with Gasteiger partial charge in [0.25, 0.3) is 0 Å². The van der Waals surface area contributed by atoms with E-state index in [9.17, 15) is 0 Å². The van der Waals surface area contributed by atoms with Crippen molar-refractivity contribution in [2.45, 2.75) is 19.4 Å². The molecule has 7 nitrogen and oxygen atoms in total. The third-order valence-corrected chi connectivity index (χ3v) is 4.59. The average Bonchev–Trinajstić information content (AvgIpc) is 2.73. The van der Waals surface area contributed by atoms with E-state index in [1.165, 1.54) is 0 Å². The minimum Gasteiger partial charge on any atom is -0.385 e. The SMILES string of the molecule is N#CNC(=NCc1ccccc1)NN1CCC(CNc2ccncc2)CC1. The highest BCUT2D eigenvalue weighted by molar-refractivity contribution is 5.80. The van der Waals surface area contributed by atoms with Crippen molar-refractivity contribution in [3.63, 3.8) is 0 Å². The molecule has 27 heavy (non-hydrogen) atoms. The first kappa shape index (κ1) is 18.7. The van der Waals surface area contributed by atoms with E-state index in [1.807, 2.05) is 48.7 Å². The summed E-state index contributed by atoms with van der Waals surface area (Å²) in [6.07, 6.45) is 7.73. The fraction of sp³-hybridized carbons (Fsp3) is 0.350. The lowest BCUT2D eigenvalue weighted by atomic mass is 9.97. The van der Waals surface area contributed by atoms with Gasteiger partial charge in [0.2, 0.25) is 5.96 Å². The molecule has 2 aromatic rings. The topological polar surface area (TPSA) is 88.4 Å². The van der Waals surface area contributed by atoms with Crippen LogP contribution in [0.2, 0.25) is 0 Å². The van der Waals surface area contributed by atoms with Gasteiger partial charge >= 0.3 is 0 Å². The van der Waals surface area contributed by atoms with E-state index in [1.54, 1.807) is 12.4 Å². The Bertz CT molecular complexity index is 747. The third-order valence-electron chi connectivity index (χ3n) is 4.59. The van der Waals surface area contributed by atoms with Crippen LogP contribution in [-0.2, 0) is 6.54 Å². The molecule has 1 aliphatic rings. The quantitative estimate of drug-likeness (QED) is 0.316. The second-order valence-corrected chi connectivity index (χ2v) is 6.55. The van der Waals surface area contributed by atoms with Crippen molar-refractivity contribution >= 4 is 11.6 Å². The number of anilines is 1. The number of aliphatic imine (C=N–C) groups is 1. The summed E-state index contributed by atoms with van der Waals surface area (Å²) < 4.78 is 0. The first-order valence-corrected chi connectivity index (χ1v) is 9.22. The molecule has 0 bridgehead atoms. The molecule has 1 aromatic carbocycles. The number of piperidine rings is 1. The highest BCUT2D eigenvalue weighted by Crippen LogP contribution is 2.17. The minimum atomic E-state index is 0.495. The minimum absolute atomic E-state index is 0.495. The smallest absolute Gasteiger partial charge is 0.219 e. The van der Waals surface area contributed by atoms with Crippen LogP contribution in [0.3, 0.4) is 0 Å². The van der Waals surface area contributed by atoms with Gasteiger partial charge in [0.05, 0.1) is 6.54 Å². The number of pyridine rings is 1. The summed E-state index contributed by atoms with van der Waals surface area (Å²) in [4.78, 5) is 8.52. The molecular formula is C20H25N7. The van der Waals surface area contributed by atoms with Gasteiger partial charge in [-0.1, -0.05) is 30.3 Å². The van der Waals surface area contributed by atoms with Crippen LogP contribution >= 0.6 is 0 Å². The summed E-state index contributed by atoms with van der Waals surface area (Å²) in [5, 5.41) is 17.2. The van der Waals surface area contributed by atoms with Gasteiger partial charge in [-0.15, -0.1) is 0 Å². The lowest BCUT2D eigenvalue weighted by Crippen LogP contribution is -2.50. The zero-order chi connectivity index (χ0) is 18.7. The van der Waals surface area contributed by atoms with Crippen LogP contribution in [-0.4, -0.2) is 35.6 Å². The monoisotopic (exact) mass is 363 g/mol. The number of nitrogens with zero attached hydrogens (tertiary/aromatic N) is 4. The van der Waals surface area contributed by atoms with Crippen molar-refractivity contribution in [3.8, 4) is 6.19 Å². The van der Waals surface area contributed by atoms with Crippen LogP contribution in [0.15, 0.2) is 59.9 Å². The molecule has 0 spiro atoms. The first-order chi connectivity index (χ1) is 13.3. The van der Waals surface area contributed by atoms with Crippen LogP contribution < -0.4 is 16.1 Å². The highest BCUT2D eigenvalue weighted by Gasteiger charge is 2.19. The van der Waals surface area contributed by atoms with E-state index in [4.69, 9.17) is 5.26 Å². The molecule has 0 saturated carbocycles. The number of hydrazine groups is 1. The molecular weight excluding hydrogens is 338 g/mol. The molecule has 1 fully saturated rings. The van der Waals surface area contributed by atoms with E-state index in [0.717, 1.165) is 43.7 Å². The van der Waals surface area contributed by atoms with E-state index in [-0.39, 0.29) is 0 Å². The maximum Gasteiger partial charge on any atom is 0.219 e. The zero-order valence-corrected chi connectivity index (χ0v) is 15.3. The van der Waals surface area contributed by atoms with Crippen molar-refractivity contribution < 1.29 is 0 Å². The van der Waals surface area contributed by atoms with Gasteiger partial charge in [-0.3, -0.25) is 15.7 Å². The molecule has 0 atom stereocenters. The Morgan fingerprint density at radius 1 is 1.15 bits per heavy atom. The Hall–Kier alpha value is -3.11. The van der Waals surface area contributed by atoms with Crippen LogP contribution in [0, 0.1) is 17.4 Å². The van der Waals surface area contributed by atoms with E-state index in [2.05, 4.69) is 31.0 Å². The molecule has 1 aromatic heterocycles. The Labute approximate surface area is 160 Å². The summed E-state index contributed by atoms with van der Waals surface area (Å²) in [7, 11) is 0. The largest absolute Gasteiger partial charge is 0.385 e. The van der Waals surface area contributed by atoms with Gasteiger partial charge in [-0.2, -0.15) is 5.26 Å². The van der Waals surface area contributed by atoms with Gasteiger partial charge in [-0.05, 0) is 36.5 Å². The molecule has 1 aliphatic heterocycles. The standard InChI is InChI=1S/C20H25N7/c21-16-25-20(24-15-17-4-2-1-3-5-17)26-27-12-8-18(9-13-27)14-23-19-6-10-22-11-7-19/h1-7,10-11,18H,8-9,12-15H2,(H,22,23)(H2,24,25,26). The van der Waals surface area contributed by atoms with Gasteiger partial charge in [-0.25, -0.2) is 10.0 Å². The number of benzene rings is 1. The maximum atomic E-state index is 8.97. The second kappa shape index (κ2) is 10.1. The van der Waals surface area contributed by atoms with Gasteiger partial charge in [0.1, 0.15) is 0 Å². The van der Waals surface area contributed by atoms with Gasteiger partial charge in [0, 0.05) is 37.7 Å². The Balaban J connectivity index is 1.44. The number of rotatable bonds is 6. The first-order valence-electron chi connectivity index (χ1n) is 9.22. The molecule has 3 rings (SSSR count). The molecule has 7 heteroatoms. The van der Waals surface area contributed by atoms with Gasteiger partial charge < -0.3 is 5.32 Å². The van der Waals surface area contributed by atoms with Crippen LogP contribution in [0.25, 0.3) is 0 Å². The number of guanidine groups is 1. The summed E-state index contributed by atoms with van der Waals surface area (Å²) in [6.45, 7) is 3.33. The molecule has 0 radical (unpaired) electrons. The summed E-state index contributed by atoms with van der Waals surface area (Å²) in [6, 6.07) is 14.0. The van der Waals surface area contributed by atoms with Crippen molar-refractivity contribution in [3.05, 3.63) is 60.4 Å². The lowest BCUT2D eigenvalue weighted by Gasteiger charge is -2.32. The number of nitriles is 1. The number of nitrogens with one attached hydrogen (secondary N) is 3. The normalized spacial score (nSPS) is 15.7. The Morgan fingerprint density at radius 2 is 1.89 bits per heavy atom. The van der Waals surface area contributed by atoms with Crippen molar-refractivity contribution in [1.29, 1.82) is 5.26 Å². The lowest BCUT2D eigenvalue weighted by molar-refractivity contribution is 0.159. The maximum absolute atomic E-state index is 8.97. The van der Waals surface area contributed by atoms with Crippen molar-refractivity contribution in [2.24, 2.45) is 10.9 Å². The fourth-order valence-electron chi connectivity index (χ4n) is 3.04. The Kier molecular flexibility index (Phi) is 7.01. The summed E-state index contributed by atoms with van der Waals surface area (Å²) in [5.41, 5.74) is 5.46. The Morgan fingerprint density at radius 3 is 2.59 bits per heavy atom. The number of hydrogen-bond donors (Lipinski definition) is 3. The second-order valence-electron chi connectivity index (χ2n) is 6.55. The van der Waals surface area contributed by atoms with Crippen molar-refractivity contribution in [2.75, 3.05) is 25.0 Å². The van der Waals surface area contributed by atoms with Crippen LogP contribution in [0.1, 0.15) is 18.4 Å². The molecule has 1 saturated heterocycles. The van der Waals surface area contributed by atoms with Crippen LogP contribution in [0.4, 0.5) is 5.69 Å². The highest BCUT2D eigenvalue weighted by atomic mass is 15.5. The van der Waals surface area contributed by atoms with E-state index in [0.29, 0.717) is 18.4 Å². The molecule has 2 heterocycles. The fourth-order valence-corrected chi connectivity index (χ4v) is 3.04. The third kappa shape index (κ3) is 6.28. The predicted molar refractivity (Wildman–Crippen MR) is 106 cm³/mol. The van der Waals surface area contributed by atoms with E-state index >= 15 is 0 Å². The molecule has 0 unspecified atom stereocenters. The van der Waals surface area contributed by atoms with Gasteiger partial charge in [0.15, 0.2) is 6.19 Å². The summed E-state index contributed by atoms with van der Waals surface area (Å²) >= 11 is 0. The molecule has 0 amide bonds. The molecule has 0 aliphatic carbocycles. The average molecular weight is 363 g/mol. The zero-order valence-electron chi connectivity index (χ0n) is 15.3. The number of hydrogen-bond acceptors (Lipinski definition) is 5. The summed E-state index contributed by atoms with van der Waals surface area (Å²) in [5.74, 6) is 1.12. The predicted octanol–water partition coefficient (Wildman–Crippen LogP) is 2.34. The van der Waals surface area contributed by atoms with Crippen LogP contribution in [0.5, 0.6) is 0 Å². The van der Waals surface area contributed by atoms with Crippen molar-refractivity contribution in [1.82, 2.24) is 20.7 Å². The molecule has 140 valence electrons. The molecule has 3 N–H and O–H groups in total.